The smallest absolute Gasteiger partial charge is 0.263 e. The van der Waals surface area contributed by atoms with E-state index in [1.165, 1.54) is 0 Å². The number of hydrogen-bond donors (Lipinski definition) is 1. The number of rotatable bonds is 3. The molecule has 0 unspecified atom stereocenters. The molecule has 0 aliphatic rings. The summed E-state index contributed by atoms with van der Waals surface area (Å²) in [5.41, 5.74) is 1.74. The Morgan fingerprint density at radius 3 is 2.53 bits per heavy atom. The van der Waals surface area contributed by atoms with Crippen molar-refractivity contribution in [3.63, 3.8) is 0 Å². The van der Waals surface area contributed by atoms with Crippen LogP contribution in [0.25, 0.3) is 0 Å². The molecule has 0 aliphatic carbocycles. The summed E-state index contributed by atoms with van der Waals surface area (Å²) in [5.74, 6) is 0.312. The quantitative estimate of drug-likeness (QED) is 0.932. The number of aromatic nitrogens is 1. The van der Waals surface area contributed by atoms with Gasteiger partial charge < -0.3 is 0 Å². The lowest BCUT2D eigenvalue weighted by molar-refractivity contribution is 0.600. The molecule has 0 spiro atoms. The van der Waals surface area contributed by atoms with Gasteiger partial charge >= 0.3 is 0 Å². The van der Waals surface area contributed by atoms with Gasteiger partial charge in [-0.25, -0.2) is 13.4 Å². The van der Waals surface area contributed by atoms with Crippen molar-refractivity contribution in [2.75, 3.05) is 4.72 Å². The average Bonchev–Trinajstić information content (AvgIpc) is 2.27. The number of nitrogens with zero attached hydrogens (tertiary/aromatic N) is 1. The fourth-order valence-corrected chi connectivity index (χ4v) is 3.81. The van der Waals surface area contributed by atoms with Crippen LogP contribution in [0.4, 0.5) is 5.82 Å². The molecule has 6 heteroatoms. The van der Waals surface area contributed by atoms with E-state index in [4.69, 9.17) is 0 Å². The van der Waals surface area contributed by atoms with Gasteiger partial charge in [-0.1, -0.05) is 12.1 Å². The summed E-state index contributed by atoms with van der Waals surface area (Å²) in [5, 5.41) is 0. The Bertz CT molecular complexity index is 714. The van der Waals surface area contributed by atoms with Gasteiger partial charge in [0.2, 0.25) is 0 Å². The van der Waals surface area contributed by atoms with Gasteiger partial charge in [-0.3, -0.25) is 4.72 Å². The molecule has 1 aromatic carbocycles. The monoisotopic (exact) mass is 340 g/mol. The predicted molar refractivity (Wildman–Crippen MR) is 78.7 cm³/mol. The van der Waals surface area contributed by atoms with Crippen molar-refractivity contribution >= 4 is 31.8 Å². The van der Waals surface area contributed by atoms with E-state index < -0.39 is 10.0 Å². The van der Waals surface area contributed by atoms with Gasteiger partial charge in [0.05, 0.1) is 0 Å². The molecule has 1 aromatic heterocycles. The highest BCUT2D eigenvalue weighted by Crippen LogP contribution is 2.24. The van der Waals surface area contributed by atoms with E-state index in [1.54, 1.807) is 43.3 Å². The zero-order chi connectivity index (χ0) is 14.0. The fraction of sp³-hybridized carbons (Fsp3) is 0.154. The molecule has 100 valence electrons. The Labute approximate surface area is 121 Å². The van der Waals surface area contributed by atoms with Crippen LogP contribution in [0.5, 0.6) is 0 Å². The third kappa shape index (κ3) is 3.33. The molecular formula is C13H13BrN2O2S. The maximum absolute atomic E-state index is 12.3. The minimum absolute atomic E-state index is 0.196. The number of pyridine rings is 1. The Hall–Kier alpha value is -1.40. The SMILES string of the molecule is Cc1ccc(S(=O)(=O)Nc2cccc(C)n2)c(Br)c1. The molecule has 0 aliphatic heterocycles. The molecule has 0 saturated carbocycles. The van der Waals surface area contributed by atoms with E-state index in [0.717, 1.165) is 11.3 Å². The molecule has 2 aromatic rings. The predicted octanol–water partition coefficient (Wildman–Crippen LogP) is 3.26. The number of hydrogen-bond acceptors (Lipinski definition) is 3. The van der Waals surface area contributed by atoms with Crippen molar-refractivity contribution in [1.29, 1.82) is 0 Å². The highest BCUT2D eigenvalue weighted by atomic mass is 79.9. The van der Waals surface area contributed by atoms with E-state index in [2.05, 4.69) is 25.6 Å². The van der Waals surface area contributed by atoms with Crippen LogP contribution in [0, 0.1) is 13.8 Å². The van der Waals surface area contributed by atoms with Gasteiger partial charge in [0.1, 0.15) is 10.7 Å². The van der Waals surface area contributed by atoms with Crippen LogP contribution in [0.1, 0.15) is 11.3 Å². The van der Waals surface area contributed by atoms with Gasteiger partial charge in [-0.15, -0.1) is 0 Å². The van der Waals surface area contributed by atoms with E-state index >= 15 is 0 Å². The molecule has 0 radical (unpaired) electrons. The number of nitrogens with one attached hydrogen (secondary N) is 1. The highest BCUT2D eigenvalue weighted by Gasteiger charge is 2.18. The summed E-state index contributed by atoms with van der Waals surface area (Å²) >= 11 is 3.27. The second-order valence-corrected chi connectivity index (χ2v) is 6.71. The van der Waals surface area contributed by atoms with Gasteiger partial charge in [0.15, 0.2) is 0 Å². The van der Waals surface area contributed by atoms with Gasteiger partial charge in [0.25, 0.3) is 10.0 Å². The van der Waals surface area contributed by atoms with Crippen LogP contribution in [-0.4, -0.2) is 13.4 Å². The molecule has 0 saturated heterocycles. The Morgan fingerprint density at radius 2 is 1.89 bits per heavy atom. The van der Waals surface area contributed by atoms with Crippen LogP contribution in [0.2, 0.25) is 0 Å². The highest BCUT2D eigenvalue weighted by molar-refractivity contribution is 9.10. The summed E-state index contributed by atoms with van der Waals surface area (Å²) in [4.78, 5) is 4.32. The first-order valence-electron chi connectivity index (χ1n) is 5.61. The van der Waals surface area contributed by atoms with Crippen LogP contribution < -0.4 is 4.72 Å². The molecule has 1 heterocycles. The molecule has 0 bridgehead atoms. The van der Waals surface area contributed by atoms with E-state index in [-0.39, 0.29) is 4.90 Å². The van der Waals surface area contributed by atoms with Crippen LogP contribution in [0.3, 0.4) is 0 Å². The normalized spacial score (nSPS) is 11.3. The maximum atomic E-state index is 12.3. The molecule has 0 amide bonds. The molecule has 19 heavy (non-hydrogen) atoms. The number of halogens is 1. The number of benzene rings is 1. The van der Waals surface area contributed by atoms with E-state index in [0.29, 0.717) is 10.3 Å². The summed E-state index contributed by atoms with van der Waals surface area (Å²) in [6, 6.07) is 10.3. The topological polar surface area (TPSA) is 59.1 Å². The van der Waals surface area contributed by atoms with Crippen molar-refractivity contribution in [2.45, 2.75) is 18.7 Å². The van der Waals surface area contributed by atoms with Gasteiger partial charge in [0, 0.05) is 10.2 Å². The number of aryl methyl sites for hydroxylation is 2. The Balaban J connectivity index is 2.38. The number of sulfonamides is 1. The Morgan fingerprint density at radius 1 is 1.16 bits per heavy atom. The zero-order valence-electron chi connectivity index (χ0n) is 10.5. The second kappa shape index (κ2) is 5.30. The average molecular weight is 341 g/mol. The third-order valence-corrected chi connectivity index (χ3v) is 4.84. The second-order valence-electron chi connectivity index (χ2n) is 4.20. The Kier molecular flexibility index (Phi) is 3.91. The largest absolute Gasteiger partial charge is 0.264 e. The van der Waals surface area contributed by atoms with E-state index in [9.17, 15) is 8.42 Å². The van der Waals surface area contributed by atoms with Crippen LogP contribution in [0.15, 0.2) is 45.8 Å². The summed E-state index contributed by atoms with van der Waals surface area (Å²) in [6.07, 6.45) is 0. The lowest BCUT2D eigenvalue weighted by Crippen LogP contribution is -2.14. The molecule has 0 fully saturated rings. The van der Waals surface area contributed by atoms with Crippen molar-refractivity contribution in [2.24, 2.45) is 0 Å². The molecule has 1 N–H and O–H groups in total. The van der Waals surface area contributed by atoms with Gasteiger partial charge in [-0.05, 0) is 59.6 Å². The van der Waals surface area contributed by atoms with Crippen LogP contribution >= 0.6 is 15.9 Å². The van der Waals surface area contributed by atoms with Crippen molar-refractivity contribution < 1.29 is 8.42 Å². The zero-order valence-corrected chi connectivity index (χ0v) is 12.9. The van der Waals surface area contributed by atoms with Crippen molar-refractivity contribution in [3.8, 4) is 0 Å². The maximum Gasteiger partial charge on any atom is 0.264 e. The van der Waals surface area contributed by atoms with Crippen LogP contribution in [-0.2, 0) is 10.0 Å². The van der Waals surface area contributed by atoms with Gasteiger partial charge in [-0.2, -0.15) is 0 Å². The summed E-state index contributed by atoms with van der Waals surface area (Å²) in [7, 11) is -3.64. The summed E-state index contributed by atoms with van der Waals surface area (Å²) in [6.45, 7) is 3.70. The first-order chi connectivity index (χ1) is 8.88. The third-order valence-electron chi connectivity index (χ3n) is 2.50. The molecule has 4 nitrogen and oxygen atoms in total. The standard InChI is InChI=1S/C13H13BrN2O2S/c1-9-6-7-12(11(14)8-9)19(17,18)16-13-5-3-4-10(2)15-13/h3-8H,1-2H3,(H,15,16). The minimum atomic E-state index is -3.64. The fourth-order valence-electron chi connectivity index (χ4n) is 1.62. The molecule has 0 atom stereocenters. The lowest BCUT2D eigenvalue weighted by atomic mass is 10.2. The molecular weight excluding hydrogens is 328 g/mol. The summed E-state index contributed by atoms with van der Waals surface area (Å²) < 4.78 is 27.5. The number of anilines is 1. The lowest BCUT2D eigenvalue weighted by Gasteiger charge is -2.09. The minimum Gasteiger partial charge on any atom is -0.263 e. The first-order valence-corrected chi connectivity index (χ1v) is 7.89. The molecule has 2 rings (SSSR count). The first kappa shape index (κ1) is 14.0. The van der Waals surface area contributed by atoms with Crippen molar-refractivity contribution in [1.82, 2.24) is 4.98 Å². The van der Waals surface area contributed by atoms with Crippen molar-refractivity contribution in [3.05, 3.63) is 52.1 Å². The van der Waals surface area contributed by atoms with E-state index in [1.807, 2.05) is 6.92 Å².